The van der Waals surface area contributed by atoms with E-state index in [0.29, 0.717) is 22.4 Å². The molecule has 0 bridgehead atoms. The van der Waals surface area contributed by atoms with E-state index in [4.69, 9.17) is 17.3 Å². The topological polar surface area (TPSA) is 67.1 Å². The number of nitrogens with two attached hydrogens (primary N) is 1. The van der Waals surface area contributed by atoms with Gasteiger partial charge in [0.15, 0.2) is 0 Å². The summed E-state index contributed by atoms with van der Waals surface area (Å²) in [5, 5.41) is 5.97. The zero-order chi connectivity index (χ0) is 11.5. The van der Waals surface area contributed by atoms with Crippen LogP contribution in [-0.2, 0) is 0 Å². The molecule has 0 heterocycles. The summed E-state index contributed by atoms with van der Waals surface area (Å²) in [5.74, 6) is 0. The third-order valence-corrected chi connectivity index (χ3v) is 3.04. The first-order valence-corrected chi connectivity index (χ1v) is 5.66. The summed E-state index contributed by atoms with van der Waals surface area (Å²) in [6, 6.07) is 5.18. The van der Waals surface area contributed by atoms with E-state index in [9.17, 15) is 4.79 Å². The minimum Gasteiger partial charge on any atom is -0.397 e. The lowest BCUT2D eigenvalue weighted by atomic mass is 9.93. The third kappa shape index (κ3) is 2.39. The number of halogens is 1. The summed E-state index contributed by atoms with van der Waals surface area (Å²) in [7, 11) is 0. The average Bonchev–Trinajstić information content (AvgIpc) is 2.18. The molecular weight excluding hydrogens is 226 g/mol. The molecule has 1 fully saturated rings. The van der Waals surface area contributed by atoms with Gasteiger partial charge in [0.05, 0.1) is 16.4 Å². The molecule has 2 amide bonds. The molecule has 5 heteroatoms. The first kappa shape index (κ1) is 11.1. The van der Waals surface area contributed by atoms with Gasteiger partial charge in [-0.1, -0.05) is 17.7 Å². The van der Waals surface area contributed by atoms with Crippen molar-refractivity contribution in [2.75, 3.05) is 11.1 Å². The van der Waals surface area contributed by atoms with Crippen LogP contribution in [0.25, 0.3) is 0 Å². The van der Waals surface area contributed by atoms with Crippen LogP contribution in [-0.4, -0.2) is 12.1 Å². The molecule has 1 aromatic rings. The highest BCUT2D eigenvalue weighted by Gasteiger charge is 2.19. The lowest BCUT2D eigenvalue weighted by Gasteiger charge is -2.26. The Morgan fingerprint density at radius 1 is 1.44 bits per heavy atom. The Labute approximate surface area is 99.2 Å². The molecule has 4 nitrogen and oxygen atoms in total. The van der Waals surface area contributed by atoms with Crippen LogP contribution in [0.1, 0.15) is 19.3 Å². The molecule has 0 aliphatic heterocycles. The summed E-state index contributed by atoms with van der Waals surface area (Å²) < 4.78 is 0. The highest BCUT2D eigenvalue weighted by molar-refractivity contribution is 6.34. The van der Waals surface area contributed by atoms with Crippen LogP contribution in [0.3, 0.4) is 0 Å². The number of carbonyl (C=O) groups is 1. The van der Waals surface area contributed by atoms with Crippen molar-refractivity contribution in [3.05, 3.63) is 23.2 Å². The van der Waals surface area contributed by atoms with E-state index in [0.717, 1.165) is 12.8 Å². The van der Waals surface area contributed by atoms with E-state index in [1.165, 1.54) is 6.42 Å². The van der Waals surface area contributed by atoms with Crippen molar-refractivity contribution in [3.8, 4) is 0 Å². The van der Waals surface area contributed by atoms with Crippen molar-refractivity contribution in [3.63, 3.8) is 0 Å². The summed E-state index contributed by atoms with van der Waals surface area (Å²) >= 11 is 5.94. The highest BCUT2D eigenvalue weighted by Crippen LogP contribution is 2.27. The van der Waals surface area contributed by atoms with Crippen LogP contribution in [0.5, 0.6) is 0 Å². The molecule has 2 rings (SSSR count). The van der Waals surface area contributed by atoms with Crippen LogP contribution in [0, 0.1) is 0 Å². The number of nitrogens with one attached hydrogen (secondary N) is 2. The molecule has 86 valence electrons. The zero-order valence-corrected chi connectivity index (χ0v) is 9.55. The first-order chi connectivity index (χ1) is 7.66. The lowest BCUT2D eigenvalue weighted by Crippen LogP contribution is -2.42. The number of anilines is 2. The molecule has 0 atom stereocenters. The monoisotopic (exact) mass is 239 g/mol. The summed E-state index contributed by atoms with van der Waals surface area (Å²) in [6.07, 6.45) is 3.27. The van der Waals surface area contributed by atoms with Crippen molar-refractivity contribution in [2.45, 2.75) is 25.3 Å². The van der Waals surface area contributed by atoms with Gasteiger partial charge < -0.3 is 16.4 Å². The fraction of sp³-hybridized carbons (Fsp3) is 0.364. The molecule has 0 spiro atoms. The molecule has 1 aliphatic rings. The number of hydrogen-bond acceptors (Lipinski definition) is 2. The Kier molecular flexibility index (Phi) is 3.19. The Balaban J connectivity index is 1.99. The van der Waals surface area contributed by atoms with Gasteiger partial charge in [0.2, 0.25) is 0 Å². The number of para-hydroxylation sites is 1. The molecule has 4 N–H and O–H groups in total. The Bertz CT molecular complexity index is 384. The van der Waals surface area contributed by atoms with Crippen LogP contribution in [0.2, 0.25) is 5.02 Å². The predicted octanol–water partition coefficient (Wildman–Crippen LogP) is 2.60. The van der Waals surface area contributed by atoms with E-state index >= 15 is 0 Å². The van der Waals surface area contributed by atoms with E-state index in [-0.39, 0.29) is 6.03 Å². The van der Waals surface area contributed by atoms with Crippen molar-refractivity contribution < 1.29 is 4.79 Å². The van der Waals surface area contributed by atoms with Crippen LogP contribution < -0.4 is 16.4 Å². The van der Waals surface area contributed by atoms with E-state index < -0.39 is 0 Å². The number of amides is 2. The molecule has 0 unspecified atom stereocenters. The van der Waals surface area contributed by atoms with Crippen molar-refractivity contribution >= 4 is 29.0 Å². The number of rotatable bonds is 2. The van der Waals surface area contributed by atoms with Gasteiger partial charge >= 0.3 is 6.03 Å². The maximum absolute atomic E-state index is 11.6. The molecule has 0 saturated heterocycles. The fourth-order valence-corrected chi connectivity index (χ4v) is 1.79. The van der Waals surface area contributed by atoms with E-state index in [2.05, 4.69) is 10.6 Å². The number of carbonyl (C=O) groups excluding carboxylic acids is 1. The second-order valence-electron chi connectivity index (χ2n) is 3.93. The third-order valence-electron chi connectivity index (χ3n) is 2.72. The van der Waals surface area contributed by atoms with Gasteiger partial charge in [-0.3, -0.25) is 0 Å². The number of benzene rings is 1. The van der Waals surface area contributed by atoms with Crippen molar-refractivity contribution in [1.29, 1.82) is 0 Å². The minimum atomic E-state index is -0.246. The van der Waals surface area contributed by atoms with Gasteiger partial charge in [-0.15, -0.1) is 0 Å². The maximum Gasteiger partial charge on any atom is 0.319 e. The molecule has 0 aromatic heterocycles. The molecular formula is C11H14ClN3O. The van der Waals surface area contributed by atoms with E-state index in [1.807, 2.05) is 0 Å². The fourth-order valence-electron chi connectivity index (χ4n) is 1.56. The number of urea groups is 1. The maximum atomic E-state index is 11.6. The smallest absolute Gasteiger partial charge is 0.319 e. The number of hydrogen-bond donors (Lipinski definition) is 3. The first-order valence-electron chi connectivity index (χ1n) is 5.28. The van der Waals surface area contributed by atoms with Crippen molar-refractivity contribution in [1.82, 2.24) is 5.32 Å². The standard InChI is InChI=1S/C11H14ClN3O/c12-8-5-2-6-9(13)10(8)15-11(16)14-7-3-1-4-7/h2,5-7H,1,3-4,13H2,(H2,14,15,16). The van der Waals surface area contributed by atoms with Gasteiger partial charge in [-0.25, -0.2) is 4.79 Å². The van der Waals surface area contributed by atoms with Gasteiger partial charge in [0.25, 0.3) is 0 Å². The summed E-state index contributed by atoms with van der Waals surface area (Å²) in [4.78, 5) is 11.6. The second-order valence-corrected chi connectivity index (χ2v) is 4.34. The van der Waals surface area contributed by atoms with Gasteiger partial charge in [-0.2, -0.15) is 0 Å². The lowest BCUT2D eigenvalue weighted by molar-refractivity contribution is 0.240. The summed E-state index contributed by atoms with van der Waals surface area (Å²) in [6.45, 7) is 0. The Morgan fingerprint density at radius 3 is 2.75 bits per heavy atom. The van der Waals surface area contributed by atoms with Gasteiger partial charge in [-0.05, 0) is 31.4 Å². The van der Waals surface area contributed by atoms with Crippen molar-refractivity contribution in [2.24, 2.45) is 0 Å². The average molecular weight is 240 g/mol. The Hall–Kier alpha value is -1.42. The zero-order valence-electron chi connectivity index (χ0n) is 8.79. The van der Waals surface area contributed by atoms with Crippen LogP contribution in [0.15, 0.2) is 18.2 Å². The molecule has 16 heavy (non-hydrogen) atoms. The highest BCUT2D eigenvalue weighted by atomic mass is 35.5. The van der Waals surface area contributed by atoms with Crippen LogP contribution >= 0.6 is 11.6 Å². The summed E-state index contributed by atoms with van der Waals surface area (Å²) in [5.41, 5.74) is 6.66. The molecule has 1 aromatic carbocycles. The largest absolute Gasteiger partial charge is 0.397 e. The molecule has 0 radical (unpaired) electrons. The van der Waals surface area contributed by atoms with Gasteiger partial charge in [0.1, 0.15) is 0 Å². The molecule has 1 saturated carbocycles. The van der Waals surface area contributed by atoms with Crippen LogP contribution in [0.4, 0.5) is 16.2 Å². The minimum absolute atomic E-state index is 0.246. The normalized spacial score (nSPS) is 15.3. The predicted molar refractivity (Wildman–Crippen MR) is 65.7 cm³/mol. The molecule has 1 aliphatic carbocycles. The quantitative estimate of drug-likeness (QED) is 0.695. The van der Waals surface area contributed by atoms with Gasteiger partial charge in [0, 0.05) is 6.04 Å². The second kappa shape index (κ2) is 4.61. The van der Waals surface area contributed by atoms with E-state index in [1.54, 1.807) is 18.2 Å². The number of nitrogen functional groups attached to an aromatic ring is 1. The Morgan fingerprint density at radius 2 is 2.19 bits per heavy atom. The SMILES string of the molecule is Nc1cccc(Cl)c1NC(=O)NC1CCC1.